The lowest BCUT2D eigenvalue weighted by molar-refractivity contribution is 0.0802. The molecule has 1 aromatic rings. The van der Waals surface area contributed by atoms with Crippen LogP contribution in [-0.2, 0) is 10.0 Å². The first-order chi connectivity index (χ1) is 8.62. The molecule has 0 heterocycles. The molecule has 1 aromatic carbocycles. The fourth-order valence-corrected chi connectivity index (χ4v) is 2.05. The number of nitrogens with two attached hydrogens (primary N) is 1. The predicted molar refractivity (Wildman–Crippen MR) is 69.5 cm³/mol. The van der Waals surface area contributed by atoms with Crippen molar-refractivity contribution in [2.75, 3.05) is 13.6 Å². The Labute approximate surface area is 111 Å². The SMILES string of the molecule is C=C(C)CN(C)C(=O)c1ccc(S(N)(=O)=O)cc1F. The molecule has 2 N–H and O–H groups in total. The average molecular weight is 286 g/mol. The van der Waals surface area contributed by atoms with Gasteiger partial charge in [0.05, 0.1) is 10.5 Å². The summed E-state index contributed by atoms with van der Waals surface area (Å²) < 4.78 is 35.8. The molecule has 7 heteroatoms. The predicted octanol–water partition coefficient (Wildman–Crippen LogP) is 1.12. The number of sulfonamides is 1. The van der Waals surface area contributed by atoms with E-state index in [9.17, 15) is 17.6 Å². The minimum Gasteiger partial charge on any atom is -0.338 e. The van der Waals surface area contributed by atoms with E-state index in [4.69, 9.17) is 5.14 Å². The highest BCUT2D eigenvalue weighted by Crippen LogP contribution is 2.15. The number of carbonyl (C=O) groups excluding carboxylic acids is 1. The number of benzene rings is 1. The zero-order valence-electron chi connectivity index (χ0n) is 10.7. The molecule has 0 aliphatic heterocycles. The quantitative estimate of drug-likeness (QED) is 0.842. The molecule has 0 radical (unpaired) electrons. The van der Waals surface area contributed by atoms with Crippen LogP contribution in [0.5, 0.6) is 0 Å². The Morgan fingerprint density at radius 1 is 1.47 bits per heavy atom. The highest BCUT2D eigenvalue weighted by molar-refractivity contribution is 7.89. The fourth-order valence-electron chi connectivity index (χ4n) is 1.53. The maximum atomic E-state index is 13.7. The van der Waals surface area contributed by atoms with E-state index in [0.717, 1.165) is 23.8 Å². The average Bonchev–Trinajstić information content (AvgIpc) is 2.25. The molecular formula is C12H15FN2O3S. The second-order valence-corrected chi connectivity index (χ2v) is 5.87. The first-order valence-electron chi connectivity index (χ1n) is 5.35. The lowest BCUT2D eigenvalue weighted by Gasteiger charge is -2.17. The molecule has 104 valence electrons. The van der Waals surface area contributed by atoms with Crippen molar-refractivity contribution in [3.63, 3.8) is 0 Å². The largest absolute Gasteiger partial charge is 0.338 e. The standard InChI is InChI=1S/C12H15FN2O3S/c1-8(2)7-15(3)12(16)10-5-4-9(6-11(10)13)19(14,17)18/h4-6H,1,7H2,2-3H3,(H2,14,17,18). The van der Waals surface area contributed by atoms with Crippen LogP contribution >= 0.6 is 0 Å². The Morgan fingerprint density at radius 3 is 2.47 bits per heavy atom. The molecule has 0 aliphatic rings. The Kier molecular flexibility index (Phi) is 4.43. The van der Waals surface area contributed by atoms with E-state index in [1.807, 2.05) is 0 Å². The van der Waals surface area contributed by atoms with Crippen LogP contribution in [0.4, 0.5) is 4.39 Å². The molecular weight excluding hydrogens is 271 g/mol. The van der Waals surface area contributed by atoms with E-state index in [1.165, 1.54) is 11.9 Å². The van der Waals surface area contributed by atoms with E-state index in [1.54, 1.807) is 6.92 Å². The summed E-state index contributed by atoms with van der Waals surface area (Å²) in [6.07, 6.45) is 0. The number of hydrogen-bond acceptors (Lipinski definition) is 3. The highest BCUT2D eigenvalue weighted by atomic mass is 32.2. The number of likely N-dealkylation sites (N-methyl/N-ethyl adjacent to an activating group) is 1. The summed E-state index contributed by atoms with van der Waals surface area (Å²) in [7, 11) is -2.48. The maximum Gasteiger partial charge on any atom is 0.256 e. The zero-order valence-corrected chi connectivity index (χ0v) is 11.5. The third-order valence-corrected chi connectivity index (χ3v) is 3.26. The van der Waals surface area contributed by atoms with Crippen LogP contribution in [0, 0.1) is 5.82 Å². The van der Waals surface area contributed by atoms with E-state index in [0.29, 0.717) is 0 Å². The van der Waals surface area contributed by atoms with Gasteiger partial charge in [-0.25, -0.2) is 17.9 Å². The van der Waals surface area contributed by atoms with Crippen molar-refractivity contribution in [1.29, 1.82) is 0 Å². The van der Waals surface area contributed by atoms with Gasteiger partial charge in [-0.2, -0.15) is 0 Å². The summed E-state index contributed by atoms with van der Waals surface area (Å²) >= 11 is 0. The molecule has 0 fully saturated rings. The molecule has 0 bridgehead atoms. The van der Waals surface area contributed by atoms with E-state index >= 15 is 0 Å². The van der Waals surface area contributed by atoms with Gasteiger partial charge in [0, 0.05) is 13.6 Å². The molecule has 0 unspecified atom stereocenters. The van der Waals surface area contributed by atoms with Crippen molar-refractivity contribution in [2.45, 2.75) is 11.8 Å². The lowest BCUT2D eigenvalue weighted by Crippen LogP contribution is -2.29. The van der Waals surface area contributed by atoms with Crippen molar-refractivity contribution in [1.82, 2.24) is 4.90 Å². The van der Waals surface area contributed by atoms with Crippen LogP contribution in [0.1, 0.15) is 17.3 Å². The number of rotatable bonds is 4. The second-order valence-electron chi connectivity index (χ2n) is 4.30. The Hall–Kier alpha value is -1.73. The minimum absolute atomic E-state index is 0.212. The van der Waals surface area contributed by atoms with Crippen molar-refractivity contribution < 1.29 is 17.6 Å². The first-order valence-corrected chi connectivity index (χ1v) is 6.89. The van der Waals surface area contributed by atoms with Gasteiger partial charge in [0.25, 0.3) is 5.91 Å². The summed E-state index contributed by atoms with van der Waals surface area (Å²) in [5.74, 6) is -1.48. The number of primary sulfonamides is 1. The van der Waals surface area contributed by atoms with Gasteiger partial charge < -0.3 is 4.90 Å². The van der Waals surface area contributed by atoms with E-state index in [2.05, 4.69) is 6.58 Å². The van der Waals surface area contributed by atoms with Gasteiger partial charge >= 0.3 is 0 Å². The van der Waals surface area contributed by atoms with Crippen LogP contribution in [0.25, 0.3) is 0 Å². The van der Waals surface area contributed by atoms with E-state index < -0.39 is 21.7 Å². The molecule has 0 spiro atoms. The molecule has 19 heavy (non-hydrogen) atoms. The van der Waals surface area contributed by atoms with Crippen molar-refractivity contribution >= 4 is 15.9 Å². The van der Waals surface area contributed by atoms with Crippen molar-refractivity contribution in [2.24, 2.45) is 5.14 Å². The van der Waals surface area contributed by atoms with Gasteiger partial charge in [0.2, 0.25) is 10.0 Å². The summed E-state index contributed by atoms with van der Waals surface area (Å²) in [5, 5.41) is 4.88. The topological polar surface area (TPSA) is 80.5 Å². The number of hydrogen-bond donors (Lipinski definition) is 1. The maximum absolute atomic E-state index is 13.7. The number of nitrogens with zero attached hydrogens (tertiary/aromatic N) is 1. The monoisotopic (exact) mass is 286 g/mol. The number of halogens is 1. The fraction of sp³-hybridized carbons (Fsp3) is 0.250. The van der Waals surface area contributed by atoms with Crippen LogP contribution in [-0.4, -0.2) is 32.8 Å². The Bertz CT molecular complexity index is 626. The van der Waals surface area contributed by atoms with Crippen LogP contribution in [0.3, 0.4) is 0 Å². The van der Waals surface area contributed by atoms with Crippen LogP contribution in [0.2, 0.25) is 0 Å². The zero-order chi connectivity index (χ0) is 14.8. The third-order valence-electron chi connectivity index (χ3n) is 2.35. The Morgan fingerprint density at radius 2 is 2.05 bits per heavy atom. The Balaban J connectivity index is 3.10. The van der Waals surface area contributed by atoms with Crippen molar-refractivity contribution in [3.05, 3.63) is 41.7 Å². The molecule has 0 aromatic heterocycles. The van der Waals surface area contributed by atoms with Crippen LogP contribution in [0.15, 0.2) is 35.2 Å². The summed E-state index contributed by atoms with van der Waals surface area (Å²) in [4.78, 5) is 12.8. The second kappa shape index (κ2) is 5.50. The summed E-state index contributed by atoms with van der Waals surface area (Å²) in [5.41, 5.74) is 0.536. The third kappa shape index (κ3) is 3.87. The van der Waals surface area contributed by atoms with Gasteiger partial charge in [-0.05, 0) is 25.1 Å². The minimum atomic E-state index is -3.99. The lowest BCUT2D eigenvalue weighted by atomic mass is 10.2. The van der Waals surface area contributed by atoms with Gasteiger partial charge in [-0.1, -0.05) is 12.2 Å². The van der Waals surface area contributed by atoms with Crippen molar-refractivity contribution in [3.8, 4) is 0 Å². The number of amides is 1. The molecule has 0 saturated carbocycles. The molecule has 1 rings (SSSR count). The number of carbonyl (C=O) groups is 1. The summed E-state index contributed by atoms with van der Waals surface area (Å²) in [6, 6.07) is 2.93. The van der Waals surface area contributed by atoms with Crippen LogP contribution < -0.4 is 5.14 Å². The van der Waals surface area contributed by atoms with Gasteiger partial charge in [0.1, 0.15) is 5.82 Å². The smallest absolute Gasteiger partial charge is 0.256 e. The first kappa shape index (κ1) is 15.3. The summed E-state index contributed by atoms with van der Waals surface area (Å²) in [6.45, 7) is 5.68. The molecule has 0 atom stereocenters. The van der Waals surface area contributed by atoms with Gasteiger partial charge in [0.15, 0.2) is 0 Å². The molecule has 1 amide bonds. The van der Waals surface area contributed by atoms with Gasteiger partial charge in [-0.3, -0.25) is 4.79 Å². The van der Waals surface area contributed by atoms with Gasteiger partial charge in [-0.15, -0.1) is 0 Å². The molecule has 5 nitrogen and oxygen atoms in total. The normalized spacial score (nSPS) is 11.2. The molecule has 0 saturated heterocycles. The molecule has 0 aliphatic carbocycles. The highest BCUT2D eigenvalue weighted by Gasteiger charge is 2.18. The van der Waals surface area contributed by atoms with E-state index in [-0.39, 0.29) is 17.0 Å².